The van der Waals surface area contributed by atoms with E-state index in [0.717, 1.165) is 18.7 Å². The minimum Gasteiger partial charge on any atom is -0.366 e. The molecule has 0 unspecified atom stereocenters. The first kappa shape index (κ1) is 14.6. The molecule has 1 aliphatic rings. The second-order valence-electron chi connectivity index (χ2n) is 5.62. The van der Waals surface area contributed by atoms with Gasteiger partial charge < -0.3 is 5.32 Å². The van der Waals surface area contributed by atoms with Gasteiger partial charge in [0.15, 0.2) is 6.29 Å². The fourth-order valence-corrected chi connectivity index (χ4v) is 2.82. The molecule has 0 radical (unpaired) electrons. The van der Waals surface area contributed by atoms with Crippen LogP contribution in [0, 0.1) is 5.82 Å². The molecule has 114 valence electrons. The molecule has 1 fully saturated rings. The number of carbonyl (C=O) groups excluding carboxylic acids is 1. The summed E-state index contributed by atoms with van der Waals surface area (Å²) in [6, 6.07) is 4.83. The van der Waals surface area contributed by atoms with Gasteiger partial charge in [0, 0.05) is 11.6 Å². The number of hydrogen-bond acceptors (Lipinski definition) is 4. The van der Waals surface area contributed by atoms with Crippen LogP contribution < -0.4 is 5.32 Å². The molecule has 5 heteroatoms. The van der Waals surface area contributed by atoms with E-state index in [-0.39, 0.29) is 5.56 Å². The summed E-state index contributed by atoms with van der Waals surface area (Å²) in [5.74, 6) is 0.199. The van der Waals surface area contributed by atoms with Crippen LogP contribution in [0.25, 0.3) is 11.3 Å². The van der Waals surface area contributed by atoms with Crippen LogP contribution in [0.4, 0.5) is 10.2 Å². The van der Waals surface area contributed by atoms with Gasteiger partial charge in [-0.25, -0.2) is 9.37 Å². The topological polar surface area (TPSA) is 54.9 Å². The lowest BCUT2D eigenvalue weighted by atomic mass is 9.95. The van der Waals surface area contributed by atoms with Gasteiger partial charge in [-0.2, -0.15) is 0 Å². The van der Waals surface area contributed by atoms with Crippen molar-refractivity contribution >= 4 is 12.1 Å². The molecule has 4 nitrogen and oxygen atoms in total. The Morgan fingerprint density at radius 1 is 1.18 bits per heavy atom. The number of aldehydes is 1. The molecule has 1 heterocycles. The maximum atomic E-state index is 13.4. The predicted octanol–water partition coefficient (Wildman–Crippen LogP) is 3.84. The molecule has 22 heavy (non-hydrogen) atoms. The van der Waals surface area contributed by atoms with Crippen molar-refractivity contribution in [1.29, 1.82) is 0 Å². The summed E-state index contributed by atoms with van der Waals surface area (Å²) in [7, 11) is 0. The molecular formula is C17H18FN3O. The third kappa shape index (κ3) is 3.30. The maximum Gasteiger partial charge on any atom is 0.153 e. The summed E-state index contributed by atoms with van der Waals surface area (Å²) in [6.45, 7) is 0. The number of anilines is 1. The first-order valence-electron chi connectivity index (χ1n) is 7.60. The monoisotopic (exact) mass is 299 g/mol. The Morgan fingerprint density at radius 2 is 2.00 bits per heavy atom. The third-order valence-electron chi connectivity index (χ3n) is 4.01. The lowest BCUT2D eigenvalue weighted by molar-refractivity contribution is 0.112. The van der Waals surface area contributed by atoms with Crippen molar-refractivity contribution in [3.05, 3.63) is 42.0 Å². The zero-order valence-corrected chi connectivity index (χ0v) is 12.3. The number of aromatic nitrogens is 2. The van der Waals surface area contributed by atoms with Crippen LogP contribution in [-0.4, -0.2) is 22.3 Å². The van der Waals surface area contributed by atoms with Crippen molar-refractivity contribution in [1.82, 2.24) is 9.97 Å². The molecular weight excluding hydrogens is 281 g/mol. The Kier molecular flexibility index (Phi) is 4.42. The molecule has 0 atom stereocenters. The van der Waals surface area contributed by atoms with E-state index in [2.05, 4.69) is 15.3 Å². The molecule has 0 saturated heterocycles. The van der Waals surface area contributed by atoms with E-state index in [1.807, 2.05) is 0 Å². The minimum absolute atomic E-state index is 0.0324. The fraction of sp³-hybridized carbons (Fsp3) is 0.353. The zero-order chi connectivity index (χ0) is 15.4. The van der Waals surface area contributed by atoms with E-state index in [9.17, 15) is 9.18 Å². The van der Waals surface area contributed by atoms with Crippen molar-refractivity contribution in [2.45, 2.75) is 38.1 Å². The van der Waals surface area contributed by atoms with Gasteiger partial charge in [0.1, 0.15) is 11.6 Å². The van der Waals surface area contributed by atoms with Crippen LogP contribution in [0.15, 0.2) is 30.6 Å². The van der Waals surface area contributed by atoms with Crippen LogP contribution in [0.2, 0.25) is 0 Å². The zero-order valence-electron chi connectivity index (χ0n) is 12.3. The first-order valence-corrected chi connectivity index (χ1v) is 7.60. The van der Waals surface area contributed by atoms with Gasteiger partial charge in [0.25, 0.3) is 0 Å². The Hall–Kier alpha value is -2.30. The highest BCUT2D eigenvalue weighted by Crippen LogP contribution is 2.23. The molecule has 3 rings (SSSR count). The lowest BCUT2D eigenvalue weighted by Gasteiger charge is -2.23. The Balaban J connectivity index is 1.82. The number of nitrogens with zero attached hydrogens (tertiary/aromatic N) is 2. The van der Waals surface area contributed by atoms with Gasteiger partial charge in [0.2, 0.25) is 0 Å². The Labute approximate surface area is 128 Å². The average Bonchev–Trinajstić information content (AvgIpc) is 2.56. The van der Waals surface area contributed by atoms with Gasteiger partial charge in [-0.3, -0.25) is 9.78 Å². The molecule has 1 aromatic heterocycles. The van der Waals surface area contributed by atoms with E-state index < -0.39 is 5.82 Å². The van der Waals surface area contributed by atoms with Crippen molar-refractivity contribution in [3.8, 4) is 11.3 Å². The largest absolute Gasteiger partial charge is 0.366 e. The van der Waals surface area contributed by atoms with Crippen molar-refractivity contribution < 1.29 is 9.18 Å². The number of benzene rings is 1. The number of hydrogen-bond donors (Lipinski definition) is 1. The third-order valence-corrected chi connectivity index (χ3v) is 4.01. The second-order valence-corrected chi connectivity index (χ2v) is 5.62. The van der Waals surface area contributed by atoms with Gasteiger partial charge in [-0.1, -0.05) is 19.3 Å². The SMILES string of the molecule is O=Cc1cc(-c2cncc(NC3CCCCC3)n2)ccc1F. The lowest BCUT2D eigenvalue weighted by Crippen LogP contribution is -2.22. The molecule has 0 bridgehead atoms. The highest BCUT2D eigenvalue weighted by atomic mass is 19.1. The Bertz CT molecular complexity index is 669. The fourth-order valence-electron chi connectivity index (χ4n) is 2.82. The van der Waals surface area contributed by atoms with Crippen LogP contribution in [-0.2, 0) is 0 Å². The van der Waals surface area contributed by atoms with Crippen molar-refractivity contribution in [2.24, 2.45) is 0 Å². The van der Waals surface area contributed by atoms with Gasteiger partial charge >= 0.3 is 0 Å². The quantitative estimate of drug-likeness (QED) is 0.871. The van der Waals surface area contributed by atoms with E-state index >= 15 is 0 Å². The van der Waals surface area contributed by atoms with E-state index in [1.54, 1.807) is 18.5 Å². The molecule has 0 amide bonds. The first-order chi connectivity index (χ1) is 10.8. The predicted molar refractivity (Wildman–Crippen MR) is 83.3 cm³/mol. The van der Waals surface area contributed by atoms with Gasteiger partial charge in [-0.15, -0.1) is 0 Å². The summed E-state index contributed by atoms with van der Waals surface area (Å²) in [4.78, 5) is 19.6. The van der Waals surface area contributed by atoms with Crippen LogP contribution in [0.3, 0.4) is 0 Å². The number of carbonyl (C=O) groups is 1. The van der Waals surface area contributed by atoms with Crippen LogP contribution in [0.1, 0.15) is 42.5 Å². The summed E-state index contributed by atoms with van der Waals surface area (Å²) >= 11 is 0. The number of nitrogens with one attached hydrogen (secondary N) is 1. The highest BCUT2D eigenvalue weighted by Gasteiger charge is 2.14. The van der Waals surface area contributed by atoms with E-state index in [1.165, 1.54) is 31.4 Å². The van der Waals surface area contributed by atoms with Crippen LogP contribution >= 0.6 is 0 Å². The molecule has 2 aromatic rings. The molecule has 1 aromatic carbocycles. The van der Waals surface area contributed by atoms with E-state index in [0.29, 0.717) is 23.6 Å². The standard InChI is InChI=1S/C17H18FN3O/c18-15-7-6-12(8-13(15)11-22)16-9-19-10-17(21-16)20-14-4-2-1-3-5-14/h6-11,14H,1-5H2,(H,20,21). The second kappa shape index (κ2) is 6.64. The minimum atomic E-state index is -0.525. The smallest absolute Gasteiger partial charge is 0.153 e. The van der Waals surface area contributed by atoms with E-state index in [4.69, 9.17) is 0 Å². The normalized spacial score (nSPS) is 15.5. The van der Waals surface area contributed by atoms with Crippen molar-refractivity contribution in [2.75, 3.05) is 5.32 Å². The summed E-state index contributed by atoms with van der Waals surface area (Å²) in [6.07, 6.45) is 9.91. The summed E-state index contributed by atoms with van der Waals surface area (Å²) in [5, 5.41) is 3.41. The molecule has 1 aliphatic carbocycles. The summed E-state index contributed by atoms with van der Waals surface area (Å²) < 4.78 is 13.4. The van der Waals surface area contributed by atoms with Crippen molar-refractivity contribution in [3.63, 3.8) is 0 Å². The summed E-state index contributed by atoms with van der Waals surface area (Å²) in [5.41, 5.74) is 1.34. The van der Waals surface area contributed by atoms with Gasteiger partial charge in [-0.05, 0) is 31.0 Å². The number of halogens is 1. The highest BCUT2D eigenvalue weighted by molar-refractivity contribution is 5.78. The van der Waals surface area contributed by atoms with Crippen LogP contribution in [0.5, 0.6) is 0 Å². The molecule has 1 N–H and O–H groups in total. The Morgan fingerprint density at radius 3 is 2.77 bits per heavy atom. The van der Waals surface area contributed by atoms with Gasteiger partial charge in [0.05, 0.1) is 23.7 Å². The number of rotatable bonds is 4. The molecule has 0 spiro atoms. The maximum absolute atomic E-state index is 13.4. The average molecular weight is 299 g/mol. The molecule has 0 aliphatic heterocycles. The molecule has 1 saturated carbocycles.